The number of rotatable bonds is 7. The first-order valence-electron chi connectivity index (χ1n) is 7.71. The zero-order valence-electron chi connectivity index (χ0n) is 13.4. The van der Waals surface area contributed by atoms with E-state index in [0.717, 1.165) is 6.42 Å². The van der Waals surface area contributed by atoms with Crippen LogP contribution in [0.2, 0.25) is 0 Å². The second-order valence-electron chi connectivity index (χ2n) is 5.51. The fourth-order valence-corrected chi connectivity index (χ4v) is 3.81. The van der Waals surface area contributed by atoms with Crippen LogP contribution in [-0.2, 0) is 28.9 Å². The predicted molar refractivity (Wildman–Crippen MR) is 86.0 cm³/mol. The number of esters is 1. The molecule has 2 atom stereocenters. The van der Waals surface area contributed by atoms with E-state index in [1.165, 1.54) is 19.2 Å². The topological polar surface area (TPSA) is 98.8 Å². The number of carbonyl (C=O) groups excluding carboxylic acids is 2. The van der Waals surface area contributed by atoms with E-state index >= 15 is 0 Å². The maximum Gasteiger partial charge on any atom is 0.328 e. The van der Waals surface area contributed by atoms with Crippen LogP contribution in [-0.4, -0.2) is 51.9 Å². The summed E-state index contributed by atoms with van der Waals surface area (Å²) in [7, 11) is -2.35. The number of amides is 1. The molecule has 0 unspecified atom stereocenters. The van der Waals surface area contributed by atoms with Crippen molar-refractivity contribution in [3.63, 3.8) is 0 Å². The summed E-state index contributed by atoms with van der Waals surface area (Å²) in [5.74, 6) is -1.37. The summed E-state index contributed by atoms with van der Waals surface area (Å²) in [4.78, 5) is 24.1. The van der Waals surface area contributed by atoms with Crippen LogP contribution in [0.3, 0.4) is 0 Å². The molecule has 0 bridgehead atoms. The Hall–Kier alpha value is -1.93. The van der Waals surface area contributed by atoms with E-state index in [0.29, 0.717) is 13.0 Å². The van der Waals surface area contributed by atoms with Gasteiger partial charge in [0.1, 0.15) is 12.1 Å². The molecule has 0 saturated carbocycles. The summed E-state index contributed by atoms with van der Waals surface area (Å²) >= 11 is 0. The summed E-state index contributed by atoms with van der Waals surface area (Å²) in [5, 5.41) is 2.53. The Labute approximate surface area is 141 Å². The molecule has 1 aliphatic heterocycles. The Kier molecular flexibility index (Phi) is 6.33. The van der Waals surface area contributed by atoms with Crippen LogP contribution in [0.1, 0.15) is 19.3 Å². The lowest BCUT2D eigenvalue weighted by Crippen LogP contribution is -2.46. The molecule has 0 spiro atoms. The van der Waals surface area contributed by atoms with Gasteiger partial charge in [0.2, 0.25) is 5.91 Å². The smallest absolute Gasteiger partial charge is 0.328 e. The van der Waals surface area contributed by atoms with Crippen molar-refractivity contribution in [2.45, 2.75) is 36.3 Å². The zero-order chi connectivity index (χ0) is 17.6. The number of benzene rings is 1. The summed E-state index contributed by atoms with van der Waals surface area (Å²) in [5.41, 5.74) is 0. The highest BCUT2D eigenvalue weighted by molar-refractivity contribution is 7.91. The molecule has 8 heteroatoms. The lowest BCUT2D eigenvalue weighted by molar-refractivity contribution is -0.146. The van der Waals surface area contributed by atoms with Crippen LogP contribution < -0.4 is 5.32 Å². The van der Waals surface area contributed by atoms with Crippen LogP contribution in [0, 0.1) is 0 Å². The van der Waals surface area contributed by atoms with Gasteiger partial charge >= 0.3 is 5.97 Å². The Bertz CT molecular complexity index is 667. The van der Waals surface area contributed by atoms with Crippen molar-refractivity contribution in [3.05, 3.63) is 30.3 Å². The van der Waals surface area contributed by atoms with Crippen molar-refractivity contribution in [2.24, 2.45) is 0 Å². The second-order valence-corrected chi connectivity index (χ2v) is 7.62. The number of hydrogen-bond acceptors (Lipinski definition) is 6. The SMILES string of the molecule is COC(=O)[C@@H](CCS(=O)(=O)c1ccccc1)NC(=O)[C@H]1CCCO1. The quantitative estimate of drug-likeness (QED) is 0.723. The van der Waals surface area contributed by atoms with Crippen molar-refractivity contribution < 1.29 is 27.5 Å². The number of nitrogens with one attached hydrogen (secondary N) is 1. The molecule has 1 fully saturated rings. The second kappa shape index (κ2) is 8.25. The maximum absolute atomic E-state index is 12.3. The molecule has 0 aromatic heterocycles. The molecule has 2 rings (SSSR count). The highest BCUT2D eigenvalue weighted by atomic mass is 32.2. The number of carbonyl (C=O) groups is 2. The standard InChI is InChI=1S/C16H21NO6S/c1-22-16(19)13(17-15(18)14-8-5-10-23-14)9-11-24(20,21)12-6-3-2-4-7-12/h2-4,6-7,13-14H,5,8-11H2,1H3,(H,17,18)/t13-,14-/m1/s1. The molecule has 1 heterocycles. The number of ether oxygens (including phenoxy) is 2. The van der Waals surface area contributed by atoms with Crippen LogP contribution >= 0.6 is 0 Å². The fourth-order valence-electron chi connectivity index (χ4n) is 2.46. The van der Waals surface area contributed by atoms with Gasteiger partial charge in [-0.05, 0) is 31.4 Å². The third-order valence-corrected chi connectivity index (χ3v) is 5.57. The lowest BCUT2D eigenvalue weighted by Gasteiger charge is -2.18. The Morgan fingerprint density at radius 3 is 2.62 bits per heavy atom. The molecule has 1 aromatic rings. The average Bonchev–Trinajstić information content (AvgIpc) is 3.13. The van der Waals surface area contributed by atoms with Gasteiger partial charge in [-0.25, -0.2) is 13.2 Å². The highest BCUT2D eigenvalue weighted by Gasteiger charge is 2.30. The minimum absolute atomic E-state index is 0.0671. The minimum Gasteiger partial charge on any atom is -0.467 e. The van der Waals surface area contributed by atoms with E-state index in [1.54, 1.807) is 18.2 Å². The predicted octanol–water partition coefficient (Wildman–Crippen LogP) is 0.687. The van der Waals surface area contributed by atoms with E-state index in [2.05, 4.69) is 10.1 Å². The van der Waals surface area contributed by atoms with Crippen LogP contribution in [0.4, 0.5) is 0 Å². The first kappa shape index (κ1) is 18.4. The van der Waals surface area contributed by atoms with Gasteiger partial charge in [0, 0.05) is 6.61 Å². The summed E-state index contributed by atoms with van der Waals surface area (Å²) in [6.07, 6.45) is 0.705. The van der Waals surface area contributed by atoms with Gasteiger partial charge in [-0.15, -0.1) is 0 Å². The van der Waals surface area contributed by atoms with Gasteiger partial charge in [-0.1, -0.05) is 18.2 Å². The van der Waals surface area contributed by atoms with Gasteiger partial charge in [-0.3, -0.25) is 4.79 Å². The van der Waals surface area contributed by atoms with Crippen LogP contribution in [0.5, 0.6) is 0 Å². The molecule has 132 valence electrons. The molecular formula is C16H21NO6S. The molecule has 7 nitrogen and oxygen atoms in total. The zero-order valence-corrected chi connectivity index (χ0v) is 14.3. The number of methoxy groups -OCH3 is 1. The molecule has 1 aromatic carbocycles. The van der Waals surface area contributed by atoms with Gasteiger partial charge < -0.3 is 14.8 Å². The van der Waals surface area contributed by atoms with Crippen molar-refractivity contribution in [1.82, 2.24) is 5.32 Å². The van der Waals surface area contributed by atoms with E-state index in [4.69, 9.17) is 4.74 Å². The Morgan fingerprint density at radius 1 is 1.33 bits per heavy atom. The van der Waals surface area contributed by atoms with Crippen LogP contribution in [0.25, 0.3) is 0 Å². The minimum atomic E-state index is -3.54. The van der Waals surface area contributed by atoms with Crippen molar-refractivity contribution in [1.29, 1.82) is 0 Å². The van der Waals surface area contributed by atoms with Crippen LogP contribution in [0.15, 0.2) is 35.2 Å². The molecule has 0 aliphatic carbocycles. The number of sulfone groups is 1. The third-order valence-electron chi connectivity index (χ3n) is 3.80. The first-order chi connectivity index (χ1) is 11.4. The van der Waals surface area contributed by atoms with Gasteiger partial charge in [-0.2, -0.15) is 0 Å². The number of hydrogen-bond donors (Lipinski definition) is 1. The lowest BCUT2D eigenvalue weighted by atomic mass is 10.2. The average molecular weight is 355 g/mol. The van der Waals surface area contributed by atoms with E-state index < -0.39 is 33.9 Å². The van der Waals surface area contributed by atoms with Crippen molar-refractivity contribution in [3.8, 4) is 0 Å². The third kappa shape index (κ3) is 4.78. The molecule has 1 amide bonds. The van der Waals surface area contributed by atoms with E-state index in [-0.39, 0.29) is 17.1 Å². The normalized spacial score (nSPS) is 18.8. The first-order valence-corrected chi connectivity index (χ1v) is 9.37. The Balaban J connectivity index is 2.01. The molecule has 1 saturated heterocycles. The van der Waals surface area contributed by atoms with E-state index in [1.807, 2.05) is 0 Å². The molecule has 1 N–H and O–H groups in total. The molecule has 0 radical (unpaired) electrons. The van der Waals surface area contributed by atoms with Gasteiger partial charge in [0.05, 0.1) is 17.8 Å². The fraction of sp³-hybridized carbons (Fsp3) is 0.500. The monoisotopic (exact) mass is 355 g/mol. The molecule has 1 aliphatic rings. The summed E-state index contributed by atoms with van der Waals surface area (Å²) < 4.78 is 34.5. The van der Waals surface area contributed by atoms with E-state index in [9.17, 15) is 18.0 Å². The van der Waals surface area contributed by atoms with Gasteiger partial charge in [0.15, 0.2) is 9.84 Å². The highest BCUT2D eigenvalue weighted by Crippen LogP contribution is 2.14. The maximum atomic E-state index is 12.3. The molecular weight excluding hydrogens is 334 g/mol. The van der Waals surface area contributed by atoms with Gasteiger partial charge in [0.25, 0.3) is 0 Å². The van der Waals surface area contributed by atoms with Crippen molar-refractivity contribution in [2.75, 3.05) is 19.5 Å². The Morgan fingerprint density at radius 2 is 2.04 bits per heavy atom. The molecule has 24 heavy (non-hydrogen) atoms. The largest absolute Gasteiger partial charge is 0.467 e. The summed E-state index contributed by atoms with van der Waals surface area (Å²) in [6, 6.07) is 6.94. The summed E-state index contributed by atoms with van der Waals surface area (Å²) in [6.45, 7) is 0.503. The van der Waals surface area contributed by atoms with Crippen molar-refractivity contribution >= 4 is 21.7 Å².